The van der Waals surface area contributed by atoms with Crippen LogP contribution in [-0.2, 0) is 17.9 Å². The number of anilines is 2. The van der Waals surface area contributed by atoms with Crippen molar-refractivity contribution >= 4 is 28.9 Å². The molecule has 4 N–H and O–H groups in total. The van der Waals surface area contributed by atoms with Gasteiger partial charge in [0, 0.05) is 18.2 Å². The second-order valence-electron chi connectivity index (χ2n) is 7.60. The molecule has 0 saturated heterocycles. The topological polar surface area (TPSA) is 144 Å². The summed E-state index contributed by atoms with van der Waals surface area (Å²) in [5.41, 5.74) is 1.58. The van der Waals surface area contributed by atoms with Crippen LogP contribution in [0.2, 0.25) is 0 Å². The Morgan fingerprint density at radius 2 is 2.03 bits per heavy atom. The van der Waals surface area contributed by atoms with Gasteiger partial charge in [-0.05, 0) is 24.5 Å². The maximum Gasteiger partial charge on any atom is 0.413 e. The largest absolute Gasteiger partial charge is 0.496 e. The fourth-order valence-electron chi connectivity index (χ4n) is 3.63. The van der Waals surface area contributed by atoms with Crippen LogP contribution in [0, 0.1) is 5.95 Å². The molecule has 0 aliphatic carbocycles. The normalized spacial score (nSPS) is 11.9. The van der Waals surface area contributed by atoms with Crippen LogP contribution in [0.4, 0.5) is 21.0 Å². The van der Waals surface area contributed by atoms with Gasteiger partial charge in [0.05, 0.1) is 27.4 Å². The van der Waals surface area contributed by atoms with Crippen molar-refractivity contribution in [2.75, 3.05) is 31.5 Å². The molecule has 34 heavy (non-hydrogen) atoms. The van der Waals surface area contributed by atoms with Crippen molar-refractivity contribution in [3.8, 4) is 5.75 Å². The molecule has 11 nitrogen and oxygen atoms in total. The predicted molar refractivity (Wildman–Crippen MR) is 123 cm³/mol. The van der Waals surface area contributed by atoms with Gasteiger partial charge in [0.2, 0.25) is 5.95 Å². The summed E-state index contributed by atoms with van der Waals surface area (Å²) in [6, 6.07) is 5.06. The van der Waals surface area contributed by atoms with Gasteiger partial charge < -0.3 is 25.0 Å². The highest BCUT2D eigenvalue weighted by molar-refractivity contribution is 5.90. The quantitative estimate of drug-likeness (QED) is 0.328. The van der Waals surface area contributed by atoms with Crippen LogP contribution in [0.15, 0.2) is 18.2 Å². The standard InChI is InChI=1S/C22H29FN6O5/c1-4-5-15(8-9-30)24-20-18-17(25-21(26-20)27-22(32)34-3)19(23)28-29(18)11-14-7-6-13(12-31)10-16(14)33-2/h6-7,10,15,30-31H,4-5,8-9,11-12H2,1-3H3,(H2,24,25,26,27,32). The van der Waals surface area contributed by atoms with Gasteiger partial charge in [-0.25, -0.2) is 9.78 Å². The van der Waals surface area contributed by atoms with E-state index < -0.39 is 12.0 Å². The van der Waals surface area contributed by atoms with Crippen molar-refractivity contribution in [3.05, 3.63) is 35.3 Å². The van der Waals surface area contributed by atoms with E-state index in [0.717, 1.165) is 12.8 Å². The third-order valence-electron chi connectivity index (χ3n) is 5.26. The SMILES string of the molecule is CCCC(CCO)Nc1nc(NC(=O)OC)nc2c(F)nn(Cc3ccc(CO)cc3OC)c12. The Labute approximate surface area is 195 Å². The molecule has 0 bridgehead atoms. The van der Waals surface area contributed by atoms with Crippen molar-refractivity contribution in [1.29, 1.82) is 0 Å². The summed E-state index contributed by atoms with van der Waals surface area (Å²) in [7, 11) is 2.70. The van der Waals surface area contributed by atoms with Gasteiger partial charge in [-0.2, -0.15) is 9.37 Å². The molecule has 1 aromatic carbocycles. The Morgan fingerprint density at radius 1 is 1.24 bits per heavy atom. The molecule has 3 aromatic rings. The zero-order valence-electron chi connectivity index (χ0n) is 19.3. The molecular weight excluding hydrogens is 447 g/mol. The van der Waals surface area contributed by atoms with E-state index >= 15 is 0 Å². The van der Waals surface area contributed by atoms with Crippen molar-refractivity contribution in [2.45, 2.75) is 45.4 Å². The van der Waals surface area contributed by atoms with Crippen molar-refractivity contribution in [3.63, 3.8) is 0 Å². The molecule has 0 fully saturated rings. The highest BCUT2D eigenvalue weighted by atomic mass is 19.1. The summed E-state index contributed by atoms with van der Waals surface area (Å²) in [6.45, 7) is 1.96. The minimum atomic E-state index is -0.839. The maximum atomic E-state index is 14.9. The molecule has 1 unspecified atom stereocenters. The summed E-state index contributed by atoms with van der Waals surface area (Å²) in [6.07, 6.45) is 1.24. The lowest BCUT2D eigenvalue weighted by Crippen LogP contribution is -2.23. The molecule has 12 heteroatoms. The van der Waals surface area contributed by atoms with Gasteiger partial charge in [-0.15, -0.1) is 5.10 Å². The van der Waals surface area contributed by atoms with E-state index in [1.165, 1.54) is 18.9 Å². The number of benzene rings is 1. The minimum Gasteiger partial charge on any atom is -0.496 e. The molecule has 0 saturated carbocycles. The van der Waals surface area contributed by atoms with Crippen LogP contribution < -0.4 is 15.4 Å². The Bertz CT molecular complexity index is 1130. The van der Waals surface area contributed by atoms with Gasteiger partial charge in [-0.3, -0.25) is 10.00 Å². The summed E-state index contributed by atoms with van der Waals surface area (Å²) in [5.74, 6) is -0.220. The Hall–Kier alpha value is -3.51. The molecule has 0 aliphatic rings. The van der Waals surface area contributed by atoms with E-state index in [1.54, 1.807) is 18.2 Å². The average molecular weight is 477 g/mol. The highest BCUT2D eigenvalue weighted by Gasteiger charge is 2.22. The summed E-state index contributed by atoms with van der Waals surface area (Å²) >= 11 is 0. The number of fused-ring (bicyclic) bond motifs is 1. The van der Waals surface area contributed by atoms with Crippen LogP contribution in [0.1, 0.15) is 37.3 Å². The summed E-state index contributed by atoms with van der Waals surface area (Å²) in [4.78, 5) is 20.2. The number of methoxy groups -OCH3 is 2. The van der Waals surface area contributed by atoms with Gasteiger partial charge in [0.1, 0.15) is 11.3 Å². The third-order valence-corrected chi connectivity index (χ3v) is 5.26. The van der Waals surface area contributed by atoms with Gasteiger partial charge in [-0.1, -0.05) is 25.5 Å². The zero-order chi connectivity index (χ0) is 24.7. The molecular formula is C22H29FN6O5. The summed E-state index contributed by atoms with van der Waals surface area (Å²) < 4.78 is 26.4. The first-order valence-electron chi connectivity index (χ1n) is 10.9. The molecule has 0 radical (unpaired) electrons. The van der Waals surface area contributed by atoms with E-state index in [-0.39, 0.29) is 43.1 Å². The van der Waals surface area contributed by atoms with Crippen molar-refractivity contribution in [2.24, 2.45) is 0 Å². The van der Waals surface area contributed by atoms with Crippen LogP contribution in [0.5, 0.6) is 5.75 Å². The lowest BCUT2D eigenvalue weighted by Gasteiger charge is -2.19. The number of nitrogens with one attached hydrogen (secondary N) is 2. The monoisotopic (exact) mass is 476 g/mol. The lowest BCUT2D eigenvalue weighted by atomic mass is 10.1. The maximum absolute atomic E-state index is 14.9. The first-order valence-corrected chi connectivity index (χ1v) is 10.9. The molecule has 2 heterocycles. The molecule has 184 valence electrons. The fourth-order valence-corrected chi connectivity index (χ4v) is 3.63. The third kappa shape index (κ3) is 5.69. The number of aliphatic hydroxyl groups is 2. The van der Waals surface area contributed by atoms with Crippen molar-refractivity contribution < 1.29 is 28.9 Å². The van der Waals surface area contributed by atoms with E-state index in [2.05, 4.69) is 30.4 Å². The van der Waals surface area contributed by atoms with Crippen LogP contribution >= 0.6 is 0 Å². The van der Waals surface area contributed by atoms with Gasteiger partial charge >= 0.3 is 6.09 Å². The van der Waals surface area contributed by atoms with Crippen molar-refractivity contribution in [1.82, 2.24) is 19.7 Å². The van der Waals surface area contributed by atoms with Crippen LogP contribution in [-0.4, -0.2) is 62.9 Å². The number of nitrogens with zero attached hydrogens (tertiary/aromatic N) is 4. The first kappa shape index (κ1) is 25.1. The highest BCUT2D eigenvalue weighted by Crippen LogP contribution is 2.29. The number of aromatic nitrogens is 4. The van der Waals surface area contributed by atoms with E-state index in [4.69, 9.17) is 4.74 Å². The first-order chi connectivity index (χ1) is 16.4. The summed E-state index contributed by atoms with van der Waals surface area (Å²) in [5, 5.41) is 28.5. The number of rotatable bonds is 11. The molecule has 1 atom stereocenters. The zero-order valence-corrected chi connectivity index (χ0v) is 19.3. The van der Waals surface area contributed by atoms with Crippen LogP contribution in [0.3, 0.4) is 0 Å². The molecule has 0 spiro atoms. The molecule has 1 amide bonds. The predicted octanol–water partition coefficient (Wildman–Crippen LogP) is 2.66. The average Bonchev–Trinajstić information content (AvgIpc) is 3.14. The minimum absolute atomic E-state index is 0.0405. The van der Waals surface area contributed by atoms with E-state index in [1.807, 2.05) is 6.92 Å². The number of halogens is 1. The Balaban J connectivity index is 2.11. The number of aliphatic hydroxyl groups excluding tert-OH is 2. The van der Waals surface area contributed by atoms with E-state index in [9.17, 15) is 19.4 Å². The number of ether oxygens (including phenoxy) is 2. The number of hydrogen-bond acceptors (Lipinski definition) is 9. The second kappa shape index (κ2) is 11.6. The van der Waals surface area contributed by atoms with Gasteiger partial charge in [0.25, 0.3) is 5.95 Å². The molecule has 2 aromatic heterocycles. The molecule has 0 aliphatic heterocycles. The Kier molecular flexibility index (Phi) is 8.55. The lowest BCUT2D eigenvalue weighted by molar-refractivity contribution is 0.186. The van der Waals surface area contributed by atoms with E-state index in [0.29, 0.717) is 28.8 Å². The van der Waals surface area contributed by atoms with Gasteiger partial charge in [0.15, 0.2) is 11.3 Å². The second-order valence-corrected chi connectivity index (χ2v) is 7.60. The molecule has 3 rings (SSSR count). The number of carbonyl (C=O) groups excluding carboxylic acids is 1. The smallest absolute Gasteiger partial charge is 0.413 e. The fraction of sp³-hybridized carbons (Fsp3) is 0.455. The van der Waals surface area contributed by atoms with Crippen LogP contribution in [0.25, 0.3) is 11.0 Å². The number of hydrogen-bond donors (Lipinski definition) is 4. The number of carbonyl (C=O) groups is 1. The Morgan fingerprint density at radius 3 is 2.68 bits per heavy atom. The number of amides is 1.